The Morgan fingerprint density at radius 1 is 1.33 bits per heavy atom. The van der Waals surface area contributed by atoms with Gasteiger partial charge in [0.25, 0.3) is 5.69 Å². The highest BCUT2D eigenvalue weighted by Gasteiger charge is 2.16. The van der Waals surface area contributed by atoms with Gasteiger partial charge in [0, 0.05) is 12.1 Å². The van der Waals surface area contributed by atoms with Crippen molar-refractivity contribution in [3.8, 4) is 6.07 Å². The quantitative estimate of drug-likeness (QED) is 0.282. The van der Waals surface area contributed by atoms with Gasteiger partial charge in [-0.1, -0.05) is 0 Å². The van der Waals surface area contributed by atoms with Gasteiger partial charge in [-0.15, -0.1) is 0 Å². The van der Waals surface area contributed by atoms with Crippen LogP contribution < -0.4 is 0 Å². The highest BCUT2D eigenvalue weighted by Crippen LogP contribution is 2.18. The number of nitrogens with zero attached hydrogens (tertiary/aromatic N) is 2. The molecule has 0 bridgehead atoms. The van der Waals surface area contributed by atoms with Crippen LogP contribution >= 0.6 is 0 Å². The number of hydrogen-bond acceptors (Lipinski definition) is 5. The number of rotatable bonds is 4. The highest BCUT2D eigenvalue weighted by molar-refractivity contribution is 6.14. The van der Waals surface area contributed by atoms with E-state index in [1.165, 1.54) is 42.7 Å². The SMILES string of the molecule is Cc1occc1C(=O)/C(C#N)=C/c1ccc([N+](=O)[O-])cc1. The molecule has 6 nitrogen and oxygen atoms in total. The Balaban J connectivity index is 2.33. The van der Waals surface area contributed by atoms with Crippen LogP contribution in [0.4, 0.5) is 5.69 Å². The summed E-state index contributed by atoms with van der Waals surface area (Å²) in [6, 6.07) is 8.92. The topological polar surface area (TPSA) is 97.1 Å². The zero-order chi connectivity index (χ0) is 15.4. The van der Waals surface area contributed by atoms with E-state index in [1.54, 1.807) is 6.92 Å². The molecule has 6 heteroatoms. The Bertz CT molecular complexity index is 764. The second kappa shape index (κ2) is 5.84. The van der Waals surface area contributed by atoms with Gasteiger partial charge < -0.3 is 4.42 Å². The number of benzene rings is 1. The number of ketones is 1. The summed E-state index contributed by atoms with van der Waals surface area (Å²) in [5.74, 6) is -0.00745. The molecule has 104 valence electrons. The summed E-state index contributed by atoms with van der Waals surface area (Å²) in [4.78, 5) is 22.2. The fourth-order valence-electron chi connectivity index (χ4n) is 1.77. The smallest absolute Gasteiger partial charge is 0.269 e. The van der Waals surface area contributed by atoms with Crippen LogP contribution in [0.5, 0.6) is 0 Å². The van der Waals surface area contributed by atoms with Crippen molar-refractivity contribution in [2.24, 2.45) is 0 Å². The van der Waals surface area contributed by atoms with Crippen molar-refractivity contribution in [2.75, 3.05) is 0 Å². The van der Waals surface area contributed by atoms with Crippen LogP contribution in [0, 0.1) is 28.4 Å². The molecule has 0 unspecified atom stereocenters. The van der Waals surface area contributed by atoms with Crippen molar-refractivity contribution >= 4 is 17.5 Å². The van der Waals surface area contributed by atoms with Gasteiger partial charge in [0.1, 0.15) is 17.4 Å². The Labute approximate surface area is 120 Å². The van der Waals surface area contributed by atoms with Gasteiger partial charge in [0.05, 0.1) is 16.7 Å². The first-order valence-corrected chi connectivity index (χ1v) is 5.98. The lowest BCUT2D eigenvalue weighted by molar-refractivity contribution is -0.384. The zero-order valence-electron chi connectivity index (χ0n) is 11.1. The second-order valence-corrected chi connectivity index (χ2v) is 4.24. The fraction of sp³-hybridized carbons (Fsp3) is 0.0667. The minimum absolute atomic E-state index is 0.0531. The van der Waals surface area contributed by atoms with E-state index in [4.69, 9.17) is 9.68 Å². The number of furan rings is 1. The van der Waals surface area contributed by atoms with E-state index in [1.807, 2.05) is 6.07 Å². The molecule has 0 atom stereocenters. The van der Waals surface area contributed by atoms with E-state index in [0.29, 0.717) is 16.9 Å². The Kier molecular flexibility index (Phi) is 3.95. The van der Waals surface area contributed by atoms with Crippen molar-refractivity contribution in [1.82, 2.24) is 0 Å². The van der Waals surface area contributed by atoms with Crippen molar-refractivity contribution in [1.29, 1.82) is 5.26 Å². The molecule has 0 radical (unpaired) electrons. The van der Waals surface area contributed by atoms with Crippen LogP contribution in [-0.4, -0.2) is 10.7 Å². The first-order valence-electron chi connectivity index (χ1n) is 5.98. The Hall–Kier alpha value is -3.20. The van der Waals surface area contributed by atoms with E-state index in [-0.39, 0.29) is 11.3 Å². The largest absolute Gasteiger partial charge is 0.469 e. The number of nitriles is 1. The summed E-state index contributed by atoms with van der Waals surface area (Å²) in [6.45, 7) is 1.63. The molecule has 21 heavy (non-hydrogen) atoms. The van der Waals surface area contributed by atoms with Gasteiger partial charge in [-0.05, 0) is 36.8 Å². The van der Waals surface area contributed by atoms with Gasteiger partial charge in [-0.3, -0.25) is 14.9 Å². The average Bonchev–Trinajstić information content (AvgIpc) is 2.90. The molecule has 0 amide bonds. The average molecular weight is 282 g/mol. The summed E-state index contributed by atoms with van der Waals surface area (Å²) in [7, 11) is 0. The third-order valence-electron chi connectivity index (χ3n) is 2.88. The number of allylic oxidation sites excluding steroid dienone is 1. The minimum atomic E-state index is -0.515. The highest BCUT2D eigenvalue weighted by atomic mass is 16.6. The minimum Gasteiger partial charge on any atom is -0.469 e. The standard InChI is InChI=1S/C15H10N2O4/c1-10-14(6-7-21-10)15(18)12(9-16)8-11-2-4-13(5-3-11)17(19)20/h2-8H,1H3/b12-8+. The maximum atomic E-state index is 12.2. The first-order chi connectivity index (χ1) is 10.0. The third-order valence-corrected chi connectivity index (χ3v) is 2.88. The van der Waals surface area contributed by atoms with Crippen LogP contribution in [0.3, 0.4) is 0 Å². The number of carbonyl (C=O) groups is 1. The van der Waals surface area contributed by atoms with E-state index in [2.05, 4.69) is 0 Å². The molecular formula is C15H10N2O4. The number of nitro groups is 1. The predicted molar refractivity (Wildman–Crippen MR) is 74.5 cm³/mol. The van der Waals surface area contributed by atoms with E-state index >= 15 is 0 Å². The number of non-ortho nitro benzene ring substituents is 1. The molecule has 0 aliphatic carbocycles. The molecule has 2 rings (SSSR count). The van der Waals surface area contributed by atoms with Crippen LogP contribution in [-0.2, 0) is 0 Å². The Morgan fingerprint density at radius 3 is 2.48 bits per heavy atom. The Morgan fingerprint density at radius 2 is 2.00 bits per heavy atom. The molecule has 0 fully saturated rings. The molecule has 2 aromatic rings. The normalized spacial score (nSPS) is 11.0. The summed E-state index contributed by atoms with van der Waals surface area (Å²) in [5, 5.41) is 19.7. The maximum absolute atomic E-state index is 12.2. The number of Topliss-reactive ketones (excluding diaryl/α,β-unsaturated/α-hetero) is 1. The molecular weight excluding hydrogens is 272 g/mol. The van der Waals surface area contributed by atoms with E-state index < -0.39 is 10.7 Å². The lowest BCUT2D eigenvalue weighted by atomic mass is 10.0. The number of hydrogen-bond donors (Lipinski definition) is 0. The lowest BCUT2D eigenvalue weighted by Crippen LogP contribution is -2.02. The second-order valence-electron chi connectivity index (χ2n) is 4.24. The molecule has 0 N–H and O–H groups in total. The molecule has 0 aliphatic heterocycles. The first kappa shape index (κ1) is 14.2. The molecule has 1 heterocycles. The molecule has 0 saturated heterocycles. The van der Waals surface area contributed by atoms with Gasteiger partial charge in [-0.2, -0.15) is 5.26 Å². The van der Waals surface area contributed by atoms with Gasteiger partial charge >= 0.3 is 0 Å². The molecule has 1 aromatic heterocycles. The number of carbonyl (C=O) groups excluding carboxylic acids is 1. The lowest BCUT2D eigenvalue weighted by Gasteiger charge is -1.98. The van der Waals surface area contributed by atoms with Crippen molar-refractivity contribution in [3.05, 3.63) is 69.2 Å². The molecule has 1 aromatic carbocycles. The van der Waals surface area contributed by atoms with Crippen LogP contribution in [0.1, 0.15) is 21.7 Å². The zero-order valence-corrected chi connectivity index (χ0v) is 11.1. The fourth-order valence-corrected chi connectivity index (χ4v) is 1.77. The predicted octanol–water partition coefficient (Wildman–Crippen LogP) is 3.29. The molecule has 0 spiro atoms. The molecule has 0 saturated carbocycles. The van der Waals surface area contributed by atoms with Crippen LogP contribution in [0.2, 0.25) is 0 Å². The van der Waals surface area contributed by atoms with Crippen LogP contribution in [0.15, 0.2) is 46.6 Å². The summed E-state index contributed by atoms with van der Waals surface area (Å²) in [6.07, 6.45) is 2.77. The monoisotopic (exact) mass is 282 g/mol. The summed E-state index contributed by atoms with van der Waals surface area (Å²) in [5.41, 5.74) is 0.743. The van der Waals surface area contributed by atoms with Crippen LogP contribution in [0.25, 0.3) is 6.08 Å². The van der Waals surface area contributed by atoms with E-state index in [0.717, 1.165) is 0 Å². The summed E-state index contributed by atoms with van der Waals surface area (Å²) < 4.78 is 5.04. The van der Waals surface area contributed by atoms with Gasteiger partial charge in [0.15, 0.2) is 0 Å². The van der Waals surface area contributed by atoms with Gasteiger partial charge in [-0.25, -0.2) is 0 Å². The number of nitro benzene ring substituents is 1. The van der Waals surface area contributed by atoms with Crippen molar-refractivity contribution < 1.29 is 14.1 Å². The van der Waals surface area contributed by atoms with Crippen molar-refractivity contribution in [2.45, 2.75) is 6.92 Å². The third kappa shape index (κ3) is 3.04. The summed E-state index contributed by atoms with van der Waals surface area (Å²) >= 11 is 0. The molecule has 0 aliphatic rings. The van der Waals surface area contributed by atoms with E-state index in [9.17, 15) is 14.9 Å². The maximum Gasteiger partial charge on any atom is 0.269 e. The number of aryl methyl sites for hydroxylation is 1. The van der Waals surface area contributed by atoms with Crippen molar-refractivity contribution in [3.63, 3.8) is 0 Å². The van der Waals surface area contributed by atoms with Gasteiger partial charge in [0.2, 0.25) is 5.78 Å².